The van der Waals surface area contributed by atoms with E-state index in [1.165, 1.54) is 0 Å². The molecule has 0 bridgehead atoms. The smallest absolute Gasteiger partial charge is 0.223 e. The molecule has 25 heavy (non-hydrogen) atoms. The number of anilines is 1. The quantitative estimate of drug-likeness (QED) is 0.852. The minimum Gasteiger partial charge on any atom is -0.353 e. The summed E-state index contributed by atoms with van der Waals surface area (Å²) in [6.45, 7) is 7.32. The number of carbonyl (C=O) groups excluding carboxylic acids is 2. The fourth-order valence-corrected chi connectivity index (χ4v) is 3.41. The van der Waals surface area contributed by atoms with Crippen LogP contribution in [0.3, 0.4) is 0 Å². The molecule has 1 N–H and O–H groups in total. The summed E-state index contributed by atoms with van der Waals surface area (Å²) < 4.78 is 0. The van der Waals surface area contributed by atoms with Gasteiger partial charge in [-0.05, 0) is 19.1 Å². The van der Waals surface area contributed by atoms with E-state index in [1.54, 1.807) is 6.20 Å². The van der Waals surface area contributed by atoms with Crippen molar-refractivity contribution in [2.75, 3.05) is 50.7 Å². The Bertz CT molecular complexity index is 586. The van der Waals surface area contributed by atoms with Gasteiger partial charge in [0.25, 0.3) is 0 Å². The first-order valence-corrected chi connectivity index (χ1v) is 9.08. The molecule has 0 aliphatic carbocycles. The number of nitrogens with zero attached hydrogens (tertiary/aromatic N) is 4. The Morgan fingerprint density at radius 3 is 2.44 bits per heavy atom. The van der Waals surface area contributed by atoms with Crippen LogP contribution >= 0.6 is 0 Å². The Hall–Kier alpha value is -2.15. The molecule has 2 saturated heterocycles. The van der Waals surface area contributed by atoms with Crippen molar-refractivity contribution in [1.82, 2.24) is 20.1 Å². The topological polar surface area (TPSA) is 68.8 Å². The first-order chi connectivity index (χ1) is 12.1. The fourth-order valence-electron chi connectivity index (χ4n) is 3.41. The van der Waals surface area contributed by atoms with Crippen LogP contribution in [0.5, 0.6) is 0 Å². The summed E-state index contributed by atoms with van der Waals surface area (Å²) in [5.74, 6) is 1.13. The van der Waals surface area contributed by atoms with E-state index in [-0.39, 0.29) is 11.8 Å². The normalized spacial score (nSPS) is 21.3. The lowest BCUT2D eigenvalue weighted by Crippen LogP contribution is -2.51. The van der Waals surface area contributed by atoms with Crippen LogP contribution in [0, 0.1) is 0 Å². The lowest BCUT2D eigenvalue weighted by Gasteiger charge is -2.35. The van der Waals surface area contributed by atoms with Gasteiger partial charge in [-0.1, -0.05) is 6.07 Å². The van der Waals surface area contributed by atoms with Crippen LogP contribution in [-0.4, -0.2) is 78.5 Å². The highest BCUT2D eigenvalue weighted by molar-refractivity contribution is 5.84. The first-order valence-electron chi connectivity index (χ1n) is 9.08. The number of piperazine rings is 2. The van der Waals surface area contributed by atoms with Gasteiger partial charge < -0.3 is 20.0 Å². The fraction of sp³-hybridized carbons (Fsp3) is 0.611. The first kappa shape index (κ1) is 17.7. The lowest BCUT2D eigenvalue weighted by atomic mass is 10.2. The van der Waals surface area contributed by atoms with Crippen LogP contribution in [0.1, 0.15) is 19.8 Å². The number of amides is 2. The number of rotatable bonds is 4. The van der Waals surface area contributed by atoms with Gasteiger partial charge in [-0.3, -0.25) is 9.59 Å². The van der Waals surface area contributed by atoms with Crippen LogP contribution in [0.15, 0.2) is 24.4 Å². The molecular formula is C18H27N5O2. The number of nitrogens with one attached hydrogen (secondary N) is 1. The van der Waals surface area contributed by atoms with Crippen molar-refractivity contribution in [3.63, 3.8) is 0 Å². The summed E-state index contributed by atoms with van der Waals surface area (Å²) in [6.07, 6.45) is 2.40. The van der Waals surface area contributed by atoms with Gasteiger partial charge in [-0.15, -0.1) is 0 Å². The van der Waals surface area contributed by atoms with E-state index in [1.807, 2.05) is 28.0 Å². The lowest BCUT2D eigenvalue weighted by molar-refractivity contribution is -0.137. The van der Waals surface area contributed by atoms with E-state index in [2.05, 4.69) is 22.1 Å². The maximum atomic E-state index is 12.4. The summed E-state index contributed by atoms with van der Waals surface area (Å²) in [4.78, 5) is 35.0. The minimum absolute atomic E-state index is 0.0807. The standard InChI is InChI=1S/C18H27N5O2/c1-15-14-23(9-8-19-15)18(25)6-5-17(24)22-12-10-21(11-13-22)16-4-2-3-7-20-16/h2-4,7,15,19H,5-6,8-14H2,1H3/t15-/m1/s1. The van der Waals surface area contributed by atoms with Crippen molar-refractivity contribution in [2.24, 2.45) is 0 Å². The molecule has 1 atom stereocenters. The van der Waals surface area contributed by atoms with Crippen molar-refractivity contribution in [2.45, 2.75) is 25.8 Å². The Labute approximate surface area is 149 Å². The van der Waals surface area contributed by atoms with Crippen molar-refractivity contribution in [3.05, 3.63) is 24.4 Å². The highest BCUT2D eigenvalue weighted by Gasteiger charge is 2.24. The van der Waals surface area contributed by atoms with Crippen LogP contribution < -0.4 is 10.2 Å². The van der Waals surface area contributed by atoms with Crippen molar-refractivity contribution in [3.8, 4) is 0 Å². The van der Waals surface area contributed by atoms with Gasteiger partial charge in [0.05, 0.1) is 0 Å². The molecule has 1 aromatic rings. The number of carbonyl (C=O) groups is 2. The van der Waals surface area contributed by atoms with Crippen LogP contribution in [0.4, 0.5) is 5.82 Å². The summed E-state index contributed by atoms with van der Waals surface area (Å²) >= 11 is 0. The summed E-state index contributed by atoms with van der Waals surface area (Å²) in [5, 5.41) is 3.32. The average Bonchev–Trinajstić information content (AvgIpc) is 2.66. The molecule has 0 unspecified atom stereocenters. The molecule has 3 rings (SSSR count). The number of pyridine rings is 1. The van der Waals surface area contributed by atoms with Crippen LogP contribution in [0.2, 0.25) is 0 Å². The molecule has 2 aliphatic heterocycles. The van der Waals surface area contributed by atoms with Crippen LogP contribution in [-0.2, 0) is 9.59 Å². The molecule has 7 heteroatoms. The SMILES string of the molecule is C[C@@H]1CN(C(=O)CCC(=O)N2CCN(c3ccccn3)CC2)CCN1. The second-order valence-corrected chi connectivity index (χ2v) is 6.75. The third-order valence-corrected chi connectivity index (χ3v) is 4.88. The summed E-state index contributed by atoms with van der Waals surface area (Å²) in [5.41, 5.74) is 0. The van der Waals surface area contributed by atoms with Crippen molar-refractivity contribution in [1.29, 1.82) is 0 Å². The molecule has 2 aliphatic rings. The molecule has 136 valence electrons. The highest BCUT2D eigenvalue weighted by Crippen LogP contribution is 2.13. The average molecular weight is 345 g/mol. The molecule has 0 aromatic carbocycles. The van der Waals surface area contributed by atoms with E-state index in [9.17, 15) is 9.59 Å². The van der Waals surface area contributed by atoms with E-state index in [0.29, 0.717) is 32.0 Å². The molecule has 1 aromatic heterocycles. The highest BCUT2D eigenvalue weighted by atomic mass is 16.2. The second-order valence-electron chi connectivity index (χ2n) is 6.75. The number of hydrogen-bond donors (Lipinski definition) is 1. The van der Waals surface area contributed by atoms with Gasteiger partial charge in [-0.25, -0.2) is 4.98 Å². The summed E-state index contributed by atoms with van der Waals surface area (Å²) in [6, 6.07) is 6.19. The molecule has 0 saturated carbocycles. The minimum atomic E-state index is 0.0807. The Balaban J connectivity index is 1.41. The largest absolute Gasteiger partial charge is 0.353 e. The maximum absolute atomic E-state index is 12.4. The molecular weight excluding hydrogens is 318 g/mol. The van der Waals surface area contributed by atoms with Crippen molar-refractivity contribution < 1.29 is 9.59 Å². The van der Waals surface area contributed by atoms with Gasteiger partial charge in [0, 0.05) is 70.9 Å². The van der Waals surface area contributed by atoms with E-state index < -0.39 is 0 Å². The zero-order valence-electron chi connectivity index (χ0n) is 14.9. The van der Waals surface area contributed by atoms with Gasteiger partial charge in [0.15, 0.2) is 0 Å². The van der Waals surface area contributed by atoms with Gasteiger partial charge in [-0.2, -0.15) is 0 Å². The predicted molar refractivity (Wildman–Crippen MR) is 96.3 cm³/mol. The van der Waals surface area contributed by atoms with E-state index >= 15 is 0 Å². The van der Waals surface area contributed by atoms with Gasteiger partial charge in [0.2, 0.25) is 11.8 Å². The van der Waals surface area contributed by atoms with Gasteiger partial charge >= 0.3 is 0 Å². The molecule has 2 fully saturated rings. The molecule has 3 heterocycles. The molecule has 2 amide bonds. The number of hydrogen-bond acceptors (Lipinski definition) is 5. The molecule has 0 radical (unpaired) electrons. The third-order valence-electron chi connectivity index (χ3n) is 4.88. The van der Waals surface area contributed by atoms with E-state index in [4.69, 9.17) is 0 Å². The van der Waals surface area contributed by atoms with Crippen LogP contribution in [0.25, 0.3) is 0 Å². The predicted octanol–water partition coefficient (Wildman–Crippen LogP) is 0.331. The summed E-state index contributed by atoms with van der Waals surface area (Å²) in [7, 11) is 0. The Morgan fingerprint density at radius 2 is 1.80 bits per heavy atom. The van der Waals surface area contributed by atoms with Gasteiger partial charge in [0.1, 0.15) is 5.82 Å². The third kappa shape index (κ3) is 4.69. The molecule has 7 nitrogen and oxygen atoms in total. The Kier molecular flexibility index (Phi) is 5.86. The zero-order chi connectivity index (χ0) is 17.6. The monoisotopic (exact) mass is 345 g/mol. The van der Waals surface area contributed by atoms with E-state index in [0.717, 1.165) is 38.5 Å². The zero-order valence-corrected chi connectivity index (χ0v) is 14.9. The number of aromatic nitrogens is 1. The van der Waals surface area contributed by atoms with Crippen molar-refractivity contribution >= 4 is 17.6 Å². The molecule has 0 spiro atoms. The second kappa shape index (κ2) is 8.29. The Morgan fingerprint density at radius 1 is 1.08 bits per heavy atom. The maximum Gasteiger partial charge on any atom is 0.223 e.